The second kappa shape index (κ2) is 5.19. The van der Waals surface area contributed by atoms with Crippen molar-refractivity contribution in [1.29, 1.82) is 0 Å². The summed E-state index contributed by atoms with van der Waals surface area (Å²) in [5.74, 6) is -0.677. The lowest BCUT2D eigenvalue weighted by molar-refractivity contribution is -0.142. The van der Waals surface area contributed by atoms with Crippen LogP contribution in [-0.2, 0) is 9.53 Å². The SMILES string of the molecule is C[C@@H]1C(=O)O[C@H]2/C=C/CC[C@@H](O)CC[C@H](O)[C@@H]21. The summed E-state index contributed by atoms with van der Waals surface area (Å²) in [4.78, 5) is 11.5. The Morgan fingerprint density at radius 2 is 2.06 bits per heavy atom. The number of aliphatic hydroxyl groups excluding tert-OH is 2. The van der Waals surface area contributed by atoms with E-state index in [2.05, 4.69) is 0 Å². The minimum atomic E-state index is -0.584. The van der Waals surface area contributed by atoms with Gasteiger partial charge in [0, 0.05) is 5.92 Å². The first-order valence-corrected chi connectivity index (χ1v) is 6.33. The molecule has 1 heterocycles. The molecule has 2 N–H and O–H groups in total. The number of aliphatic hydroxyl groups is 2. The van der Waals surface area contributed by atoms with E-state index in [1.165, 1.54) is 0 Å². The molecule has 0 saturated carbocycles. The lowest BCUT2D eigenvalue weighted by atomic mass is 9.83. The van der Waals surface area contributed by atoms with Gasteiger partial charge in [0.2, 0.25) is 0 Å². The van der Waals surface area contributed by atoms with Crippen molar-refractivity contribution >= 4 is 5.97 Å². The van der Waals surface area contributed by atoms with Crippen LogP contribution in [0.3, 0.4) is 0 Å². The topological polar surface area (TPSA) is 66.8 Å². The van der Waals surface area contributed by atoms with Gasteiger partial charge in [-0.05, 0) is 31.8 Å². The van der Waals surface area contributed by atoms with Crippen molar-refractivity contribution in [3.05, 3.63) is 12.2 Å². The number of carbonyl (C=O) groups excluding carboxylic acids is 1. The minimum absolute atomic E-state index is 0.177. The fourth-order valence-corrected chi connectivity index (χ4v) is 2.70. The summed E-state index contributed by atoms with van der Waals surface area (Å²) >= 11 is 0. The molecule has 1 aliphatic carbocycles. The second-order valence-electron chi connectivity index (χ2n) is 5.07. The first kappa shape index (κ1) is 12.6. The van der Waals surface area contributed by atoms with Crippen LogP contribution in [0.2, 0.25) is 0 Å². The van der Waals surface area contributed by atoms with Crippen LogP contribution in [0.25, 0.3) is 0 Å². The average molecular weight is 240 g/mol. The van der Waals surface area contributed by atoms with Crippen LogP contribution in [0.5, 0.6) is 0 Å². The number of allylic oxidation sites excluding steroid dienone is 1. The molecule has 0 aromatic carbocycles. The van der Waals surface area contributed by atoms with Gasteiger partial charge in [0.1, 0.15) is 6.10 Å². The zero-order valence-corrected chi connectivity index (χ0v) is 10.1. The number of esters is 1. The summed E-state index contributed by atoms with van der Waals surface area (Å²) in [6.07, 6.45) is 5.13. The number of ether oxygens (including phenoxy) is 1. The molecule has 17 heavy (non-hydrogen) atoms. The average Bonchev–Trinajstić information content (AvgIpc) is 2.57. The Hall–Kier alpha value is -0.870. The van der Waals surface area contributed by atoms with Gasteiger partial charge >= 0.3 is 5.97 Å². The van der Waals surface area contributed by atoms with E-state index in [4.69, 9.17) is 4.74 Å². The monoisotopic (exact) mass is 240 g/mol. The van der Waals surface area contributed by atoms with Gasteiger partial charge in [-0.2, -0.15) is 0 Å². The summed E-state index contributed by atoms with van der Waals surface area (Å²) in [5.41, 5.74) is 0. The maximum absolute atomic E-state index is 11.5. The van der Waals surface area contributed by atoms with E-state index >= 15 is 0 Å². The summed E-state index contributed by atoms with van der Waals surface area (Å²) in [6, 6.07) is 0. The summed E-state index contributed by atoms with van der Waals surface area (Å²) < 4.78 is 5.26. The van der Waals surface area contributed by atoms with Crippen LogP contribution >= 0.6 is 0 Å². The third kappa shape index (κ3) is 2.69. The van der Waals surface area contributed by atoms with Crippen LogP contribution in [0, 0.1) is 11.8 Å². The molecule has 2 aliphatic rings. The number of hydrogen-bond acceptors (Lipinski definition) is 4. The summed E-state index contributed by atoms with van der Waals surface area (Å²) in [7, 11) is 0. The molecular weight excluding hydrogens is 220 g/mol. The quantitative estimate of drug-likeness (QED) is 0.490. The van der Waals surface area contributed by atoms with E-state index in [9.17, 15) is 15.0 Å². The lowest BCUT2D eigenvalue weighted by Crippen LogP contribution is -2.32. The Morgan fingerprint density at radius 1 is 1.29 bits per heavy atom. The molecule has 2 rings (SSSR count). The molecule has 0 amide bonds. The van der Waals surface area contributed by atoms with E-state index in [1.54, 1.807) is 6.92 Å². The normalized spacial score (nSPS) is 44.9. The molecule has 96 valence electrons. The highest BCUT2D eigenvalue weighted by Gasteiger charge is 2.44. The highest BCUT2D eigenvalue weighted by Crippen LogP contribution is 2.34. The van der Waals surface area contributed by atoms with Crippen molar-refractivity contribution in [3.63, 3.8) is 0 Å². The van der Waals surface area contributed by atoms with E-state index < -0.39 is 6.10 Å². The highest BCUT2D eigenvalue weighted by atomic mass is 16.6. The maximum atomic E-state index is 11.5. The number of fused-ring (bicyclic) bond motifs is 1. The van der Waals surface area contributed by atoms with Gasteiger partial charge in [-0.25, -0.2) is 0 Å². The number of rotatable bonds is 0. The van der Waals surface area contributed by atoms with Crippen LogP contribution in [0.4, 0.5) is 0 Å². The zero-order chi connectivity index (χ0) is 12.4. The van der Waals surface area contributed by atoms with Crippen molar-refractivity contribution in [2.75, 3.05) is 0 Å². The molecule has 0 spiro atoms. The Labute approximate surface area is 101 Å². The van der Waals surface area contributed by atoms with E-state index in [0.717, 1.165) is 6.42 Å². The van der Waals surface area contributed by atoms with Crippen molar-refractivity contribution in [1.82, 2.24) is 0 Å². The van der Waals surface area contributed by atoms with Gasteiger partial charge in [-0.3, -0.25) is 4.79 Å². The van der Waals surface area contributed by atoms with Crippen LogP contribution < -0.4 is 0 Å². The van der Waals surface area contributed by atoms with E-state index in [-0.39, 0.29) is 30.0 Å². The standard InChI is InChI=1S/C13H20O4/c1-8-12-10(15)7-6-9(14)4-2-3-5-11(12)17-13(8)16/h3,5,8-12,14-15H,2,4,6-7H2,1H3/b5-3+/t8-,9+,10-,11-,12-/m0/s1. The lowest BCUT2D eigenvalue weighted by Gasteiger charge is -2.24. The van der Waals surface area contributed by atoms with Crippen LogP contribution in [0.1, 0.15) is 32.6 Å². The van der Waals surface area contributed by atoms with Crippen molar-refractivity contribution in [3.8, 4) is 0 Å². The predicted octanol–water partition coefficient (Wildman–Crippen LogP) is 1.02. The number of hydrogen-bond donors (Lipinski definition) is 2. The third-order valence-electron chi connectivity index (χ3n) is 3.81. The molecule has 0 bridgehead atoms. The molecule has 1 fully saturated rings. The fraction of sp³-hybridized carbons (Fsp3) is 0.769. The van der Waals surface area contributed by atoms with Crippen LogP contribution in [0.15, 0.2) is 12.2 Å². The van der Waals surface area contributed by atoms with E-state index in [1.807, 2.05) is 12.2 Å². The molecule has 1 saturated heterocycles. The van der Waals surface area contributed by atoms with Gasteiger partial charge in [-0.1, -0.05) is 13.0 Å². The fourth-order valence-electron chi connectivity index (χ4n) is 2.70. The van der Waals surface area contributed by atoms with E-state index in [0.29, 0.717) is 19.3 Å². The number of carbonyl (C=O) groups is 1. The molecule has 0 aromatic rings. The van der Waals surface area contributed by atoms with Crippen molar-refractivity contribution < 1.29 is 19.7 Å². The Bertz CT molecular complexity index is 313. The molecule has 1 aliphatic heterocycles. The molecule has 0 radical (unpaired) electrons. The summed E-state index contributed by atoms with van der Waals surface area (Å²) in [5, 5.41) is 19.8. The molecular formula is C13H20O4. The molecule has 5 atom stereocenters. The maximum Gasteiger partial charge on any atom is 0.309 e. The Morgan fingerprint density at radius 3 is 2.82 bits per heavy atom. The van der Waals surface area contributed by atoms with Gasteiger partial charge in [0.05, 0.1) is 18.1 Å². The molecule has 0 unspecified atom stereocenters. The minimum Gasteiger partial charge on any atom is -0.457 e. The van der Waals surface area contributed by atoms with Crippen LogP contribution in [-0.4, -0.2) is 34.5 Å². The third-order valence-corrected chi connectivity index (χ3v) is 3.81. The first-order chi connectivity index (χ1) is 8.09. The molecule has 4 nitrogen and oxygen atoms in total. The smallest absolute Gasteiger partial charge is 0.309 e. The second-order valence-corrected chi connectivity index (χ2v) is 5.07. The Kier molecular flexibility index (Phi) is 3.84. The highest BCUT2D eigenvalue weighted by molar-refractivity contribution is 5.75. The van der Waals surface area contributed by atoms with Crippen molar-refractivity contribution in [2.24, 2.45) is 11.8 Å². The molecule has 0 aromatic heterocycles. The van der Waals surface area contributed by atoms with Gasteiger partial charge in [0.15, 0.2) is 0 Å². The first-order valence-electron chi connectivity index (χ1n) is 6.33. The largest absolute Gasteiger partial charge is 0.457 e. The van der Waals surface area contributed by atoms with Gasteiger partial charge in [0.25, 0.3) is 0 Å². The summed E-state index contributed by atoms with van der Waals surface area (Å²) in [6.45, 7) is 1.80. The Balaban J connectivity index is 2.15. The molecule has 4 heteroatoms. The predicted molar refractivity (Wildman–Crippen MR) is 62.2 cm³/mol. The van der Waals surface area contributed by atoms with Gasteiger partial charge in [-0.15, -0.1) is 0 Å². The zero-order valence-electron chi connectivity index (χ0n) is 10.1. The van der Waals surface area contributed by atoms with Crippen molar-refractivity contribution in [2.45, 2.75) is 50.9 Å². The van der Waals surface area contributed by atoms with Gasteiger partial charge < -0.3 is 14.9 Å².